The summed E-state index contributed by atoms with van der Waals surface area (Å²) in [4.78, 5) is 0. The summed E-state index contributed by atoms with van der Waals surface area (Å²) in [5.41, 5.74) is 0. The lowest BCUT2D eigenvalue weighted by atomic mass is 10.2. The standard InChI is InChI=1S/C15H26O6Si/c1-8-9-17-14(21-22(5,6)7)11-10-12(13(16-4)18-11)20-15(2,3)19-10/h8,10,12-13H,1,9H2,2-7H3/b14-11-/t10-,12-,13-/m0/s1. The molecule has 2 aliphatic rings. The monoisotopic (exact) mass is 330 g/mol. The Morgan fingerprint density at radius 2 is 2.00 bits per heavy atom. The van der Waals surface area contributed by atoms with E-state index in [1.807, 2.05) is 13.8 Å². The van der Waals surface area contributed by atoms with Crippen LogP contribution in [0.2, 0.25) is 19.6 Å². The van der Waals surface area contributed by atoms with Gasteiger partial charge in [-0.05, 0) is 33.5 Å². The molecule has 7 heteroatoms. The Morgan fingerprint density at radius 1 is 1.32 bits per heavy atom. The third-order valence-corrected chi connectivity index (χ3v) is 3.86. The van der Waals surface area contributed by atoms with Crippen molar-refractivity contribution in [3.63, 3.8) is 0 Å². The molecule has 2 heterocycles. The second kappa shape index (κ2) is 6.23. The number of methoxy groups -OCH3 is 1. The van der Waals surface area contributed by atoms with Gasteiger partial charge in [0.05, 0.1) is 0 Å². The van der Waals surface area contributed by atoms with Crippen LogP contribution >= 0.6 is 0 Å². The zero-order valence-electron chi connectivity index (χ0n) is 14.2. The van der Waals surface area contributed by atoms with Gasteiger partial charge in [-0.25, -0.2) is 0 Å². The van der Waals surface area contributed by atoms with Gasteiger partial charge < -0.3 is 28.1 Å². The molecule has 0 aromatic carbocycles. The van der Waals surface area contributed by atoms with E-state index < -0.39 is 26.5 Å². The highest BCUT2D eigenvalue weighted by Gasteiger charge is 2.56. The van der Waals surface area contributed by atoms with Crippen LogP contribution in [0.4, 0.5) is 0 Å². The van der Waals surface area contributed by atoms with Crippen LogP contribution in [-0.2, 0) is 28.1 Å². The molecule has 0 spiro atoms. The zero-order chi connectivity index (χ0) is 16.5. The summed E-state index contributed by atoms with van der Waals surface area (Å²) in [6.45, 7) is 13.9. The molecule has 2 fully saturated rings. The van der Waals surface area contributed by atoms with Crippen LogP contribution in [0.15, 0.2) is 24.4 Å². The maximum atomic E-state index is 6.03. The van der Waals surface area contributed by atoms with Gasteiger partial charge in [-0.15, -0.1) is 0 Å². The Kier molecular flexibility index (Phi) is 4.91. The maximum absolute atomic E-state index is 6.03. The van der Waals surface area contributed by atoms with Gasteiger partial charge in [0, 0.05) is 7.11 Å². The number of ether oxygens (including phenoxy) is 5. The molecule has 2 aliphatic heterocycles. The molecule has 3 atom stereocenters. The van der Waals surface area contributed by atoms with Crippen LogP contribution in [0, 0.1) is 0 Å². The van der Waals surface area contributed by atoms with Gasteiger partial charge in [0.25, 0.3) is 0 Å². The van der Waals surface area contributed by atoms with Crippen molar-refractivity contribution >= 4 is 8.32 Å². The van der Waals surface area contributed by atoms with Gasteiger partial charge in [0.2, 0.25) is 20.4 Å². The average Bonchev–Trinajstić information content (AvgIpc) is 2.86. The molecular weight excluding hydrogens is 304 g/mol. The molecule has 0 aliphatic carbocycles. The lowest BCUT2D eigenvalue weighted by Gasteiger charge is -2.25. The van der Waals surface area contributed by atoms with Crippen molar-refractivity contribution in [1.82, 2.24) is 0 Å². The second-order valence-electron chi connectivity index (χ2n) is 6.71. The van der Waals surface area contributed by atoms with E-state index in [1.54, 1.807) is 13.2 Å². The summed E-state index contributed by atoms with van der Waals surface area (Å²) in [6.07, 6.45) is 0.359. The Labute approximate surface area is 133 Å². The summed E-state index contributed by atoms with van der Waals surface area (Å²) in [5.74, 6) is 0.130. The lowest BCUT2D eigenvalue weighted by molar-refractivity contribution is -0.203. The Balaban J connectivity index is 2.33. The molecule has 0 aromatic heterocycles. The topological polar surface area (TPSA) is 55.4 Å². The Bertz CT molecular complexity index is 453. The minimum absolute atomic E-state index is 0.325. The van der Waals surface area contributed by atoms with E-state index in [2.05, 4.69) is 26.2 Å². The summed E-state index contributed by atoms with van der Waals surface area (Å²) in [5, 5.41) is 0. The lowest BCUT2D eigenvalue weighted by Crippen LogP contribution is -2.30. The highest BCUT2D eigenvalue weighted by atomic mass is 28.4. The molecule has 6 nitrogen and oxygen atoms in total. The highest BCUT2D eigenvalue weighted by Crippen LogP contribution is 2.42. The van der Waals surface area contributed by atoms with Crippen LogP contribution in [0.1, 0.15) is 13.8 Å². The molecule has 22 heavy (non-hydrogen) atoms. The molecule has 0 bridgehead atoms. The van der Waals surface area contributed by atoms with Crippen molar-refractivity contribution < 1.29 is 28.1 Å². The van der Waals surface area contributed by atoms with Gasteiger partial charge in [-0.1, -0.05) is 12.7 Å². The number of fused-ring (bicyclic) bond motifs is 1. The van der Waals surface area contributed by atoms with E-state index in [9.17, 15) is 0 Å². The number of hydrogen-bond acceptors (Lipinski definition) is 6. The third-order valence-electron chi connectivity index (χ3n) is 3.06. The number of hydrogen-bond donors (Lipinski definition) is 0. The SMILES string of the molecule is C=CCO/C(O[Si](C)(C)C)=C1/O[C@H](OC)[C@H]2OC(C)(C)O[C@@H]12. The fourth-order valence-electron chi connectivity index (χ4n) is 2.36. The summed E-state index contributed by atoms with van der Waals surface area (Å²) >= 11 is 0. The van der Waals surface area contributed by atoms with Crippen LogP contribution in [0.3, 0.4) is 0 Å². The first-order valence-corrected chi connectivity index (χ1v) is 10.8. The second-order valence-corrected chi connectivity index (χ2v) is 11.1. The fourth-order valence-corrected chi connectivity index (χ4v) is 3.08. The summed E-state index contributed by atoms with van der Waals surface area (Å²) in [7, 11) is -0.312. The molecule has 126 valence electrons. The first-order valence-electron chi connectivity index (χ1n) is 7.39. The minimum atomic E-state index is -1.88. The maximum Gasteiger partial charge on any atom is 0.308 e. The van der Waals surface area contributed by atoms with E-state index >= 15 is 0 Å². The molecule has 2 saturated heterocycles. The van der Waals surface area contributed by atoms with Crippen molar-refractivity contribution in [1.29, 1.82) is 0 Å². The van der Waals surface area contributed by atoms with E-state index in [0.29, 0.717) is 18.3 Å². The summed E-state index contributed by atoms with van der Waals surface area (Å²) < 4.78 is 34.7. The van der Waals surface area contributed by atoms with Crippen molar-refractivity contribution in [2.24, 2.45) is 0 Å². The van der Waals surface area contributed by atoms with E-state index in [4.69, 9.17) is 28.1 Å². The first-order chi connectivity index (χ1) is 10.2. The molecular formula is C15H26O6Si. The predicted molar refractivity (Wildman–Crippen MR) is 83.3 cm³/mol. The average molecular weight is 330 g/mol. The Morgan fingerprint density at radius 3 is 2.55 bits per heavy atom. The number of rotatable bonds is 6. The zero-order valence-corrected chi connectivity index (χ0v) is 15.2. The molecule has 2 rings (SSSR count). The van der Waals surface area contributed by atoms with E-state index in [-0.39, 0.29) is 6.10 Å². The molecule has 0 aromatic rings. The van der Waals surface area contributed by atoms with Gasteiger partial charge in [0.1, 0.15) is 6.61 Å². The molecule has 0 radical (unpaired) electrons. The quantitative estimate of drug-likeness (QED) is 0.424. The van der Waals surface area contributed by atoms with Gasteiger partial charge in [0.15, 0.2) is 18.0 Å². The van der Waals surface area contributed by atoms with Gasteiger partial charge in [-0.2, -0.15) is 0 Å². The van der Waals surface area contributed by atoms with E-state index in [0.717, 1.165) is 0 Å². The Hall–Kier alpha value is -1.02. The van der Waals surface area contributed by atoms with Crippen molar-refractivity contribution in [2.75, 3.05) is 13.7 Å². The first kappa shape index (κ1) is 17.3. The van der Waals surface area contributed by atoms with Crippen molar-refractivity contribution in [2.45, 2.75) is 57.8 Å². The van der Waals surface area contributed by atoms with Crippen LogP contribution in [0.25, 0.3) is 0 Å². The van der Waals surface area contributed by atoms with Crippen LogP contribution in [-0.4, -0.2) is 46.3 Å². The van der Waals surface area contributed by atoms with Crippen LogP contribution < -0.4 is 0 Å². The molecule has 0 N–H and O–H groups in total. The fraction of sp³-hybridized carbons (Fsp3) is 0.733. The molecule has 0 amide bonds. The smallest absolute Gasteiger partial charge is 0.308 e. The third kappa shape index (κ3) is 3.84. The minimum Gasteiger partial charge on any atom is -0.517 e. The van der Waals surface area contributed by atoms with Crippen LogP contribution in [0.5, 0.6) is 0 Å². The summed E-state index contributed by atoms with van der Waals surface area (Å²) in [6, 6.07) is 0. The molecule has 0 saturated carbocycles. The van der Waals surface area contributed by atoms with Gasteiger partial charge in [-0.3, -0.25) is 0 Å². The largest absolute Gasteiger partial charge is 0.517 e. The highest BCUT2D eigenvalue weighted by molar-refractivity contribution is 6.70. The van der Waals surface area contributed by atoms with E-state index in [1.165, 1.54) is 0 Å². The normalized spacial score (nSPS) is 32.2. The van der Waals surface area contributed by atoms with Crippen molar-refractivity contribution in [3.8, 4) is 0 Å². The predicted octanol–water partition coefficient (Wildman–Crippen LogP) is 2.73. The van der Waals surface area contributed by atoms with Gasteiger partial charge >= 0.3 is 5.95 Å². The molecule has 0 unspecified atom stereocenters. The van der Waals surface area contributed by atoms with Crippen molar-refractivity contribution in [3.05, 3.63) is 24.4 Å².